The van der Waals surface area contributed by atoms with Crippen molar-refractivity contribution < 1.29 is 9.66 Å². The Morgan fingerprint density at radius 2 is 1.90 bits per heavy atom. The van der Waals surface area contributed by atoms with Crippen LogP contribution in [0.5, 0.6) is 5.75 Å². The lowest BCUT2D eigenvalue weighted by atomic mass is 10.1. The molecule has 0 unspecified atom stereocenters. The molecular formula is C14H11Cl2NO3. The summed E-state index contributed by atoms with van der Waals surface area (Å²) in [7, 11) is 0. The summed E-state index contributed by atoms with van der Waals surface area (Å²) >= 11 is 12.0. The molecule has 0 fully saturated rings. The predicted octanol–water partition coefficient (Wildman–Crippen LogP) is 4.79. The van der Waals surface area contributed by atoms with Crippen LogP contribution in [0.25, 0.3) is 0 Å². The summed E-state index contributed by atoms with van der Waals surface area (Å²) in [6, 6.07) is 9.65. The van der Waals surface area contributed by atoms with Crippen molar-refractivity contribution in [2.24, 2.45) is 0 Å². The Morgan fingerprint density at radius 3 is 2.55 bits per heavy atom. The minimum absolute atomic E-state index is 0.0700. The minimum Gasteiger partial charge on any atom is -0.487 e. The zero-order valence-electron chi connectivity index (χ0n) is 10.6. The van der Waals surface area contributed by atoms with E-state index in [4.69, 9.17) is 27.9 Å². The molecule has 2 rings (SSSR count). The number of nitro groups is 1. The van der Waals surface area contributed by atoms with Crippen molar-refractivity contribution in [2.45, 2.75) is 13.5 Å². The van der Waals surface area contributed by atoms with Gasteiger partial charge in [-0.05, 0) is 24.6 Å². The van der Waals surface area contributed by atoms with E-state index in [0.717, 1.165) is 11.1 Å². The van der Waals surface area contributed by atoms with Crippen molar-refractivity contribution in [3.05, 3.63) is 67.7 Å². The molecule has 6 heteroatoms. The molecule has 0 saturated carbocycles. The average molecular weight is 312 g/mol. The van der Waals surface area contributed by atoms with Crippen LogP contribution in [0.2, 0.25) is 10.0 Å². The number of nitrogens with zero attached hydrogens (tertiary/aromatic N) is 1. The first-order valence-electron chi connectivity index (χ1n) is 5.79. The molecular weight excluding hydrogens is 301 g/mol. The van der Waals surface area contributed by atoms with Crippen LogP contribution in [-0.2, 0) is 6.61 Å². The third-order valence-corrected chi connectivity index (χ3v) is 3.38. The number of rotatable bonds is 4. The van der Waals surface area contributed by atoms with E-state index in [1.807, 2.05) is 25.1 Å². The van der Waals surface area contributed by atoms with Gasteiger partial charge in [0.15, 0.2) is 0 Å². The Bertz CT molecular complexity index is 659. The molecule has 0 amide bonds. The third kappa shape index (κ3) is 3.40. The predicted molar refractivity (Wildman–Crippen MR) is 78.6 cm³/mol. The highest BCUT2D eigenvalue weighted by Crippen LogP contribution is 2.30. The van der Waals surface area contributed by atoms with E-state index in [0.29, 0.717) is 10.0 Å². The van der Waals surface area contributed by atoms with E-state index in [9.17, 15) is 10.1 Å². The van der Waals surface area contributed by atoms with E-state index in [2.05, 4.69) is 0 Å². The quantitative estimate of drug-likeness (QED) is 0.602. The average Bonchev–Trinajstić information content (AvgIpc) is 2.39. The number of halogens is 2. The smallest absolute Gasteiger partial charge is 0.273 e. The van der Waals surface area contributed by atoms with Gasteiger partial charge in [0.05, 0.1) is 16.0 Å². The Labute approximate surface area is 126 Å². The lowest BCUT2D eigenvalue weighted by Gasteiger charge is -2.09. The van der Waals surface area contributed by atoms with Gasteiger partial charge in [0, 0.05) is 16.7 Å². The maximum absolute atomic E-state index is 10.7. The highest BCUT2D eigenvalue weighted by molar-refractivity contribution is 6.32. The van der Waals surface area contributed by atoms with Gasteiger partial charge in [0.1, 0.15) is 12.4 Å². The number of benzene rings is 2. The molecule has 4 nitrogen and oxygen atoms in total. The molecule has 0 heterocycles. The van der Waals surface area contributed by atoms with Crippen molar-refractivity contribution in [3.63, 3.8) is 0 Å². The zero-order chi connectivity index (χ0) is 14.7. The molecule has 0 radical (unpaired) electrons. The monoisotopic (exact) mass is 311 g/mol. The summed E-state index contributed by atoms with van der Waals surface area (Å²) in [4.78, 5) is 10.2. The molecule has 0 aliphatic heterocycles. The van der Waals surface area contributed by atoms with Gasteiger partial charge in [-0.2, -0.15) is 0 Å². The van der Waals surface area contributed by atoms with E-state index in [-0.39, 0.29) is 18.0 Å². The molecule has 104 valence electrons. The van der Waals surface area contributed by atoms with E-state index >= 15 is 0 Å². The molecule has 0 spiro atoms. The molecule has 0 N–H and O–H groups in total. The Hall–Kier alpha value is -1.78. The van der Waals surface area contributed by atoms with Crippen LogP contribution in [0.1, 0.15) is 11.1 Å². The Kier molecular flexibility index (Phi) is 4.47. The summed E-state index contributed by atoms with van der Waals surface area (Å²) in [5, 5.41) is 11.6. The first kappa shape index (κ1) is 14.6. The van der Waals surface area contributed by atoms with Gasteiger partial charge in [-0.25, -0.2) is 0 Å². The second-order valence-electron chi connectivity index (χ2n) is 4.26. The molecule has 2 aromatic carbocycles. The summed E-state index contributed by atoms with van der Waals surface area (Å²) in [6.07, 6.45) is 0. The van der Waals surface area contributed by atoms with Crippen LogP contribution in [0.3, 0.4) is 0 Å². The molecule has 0 aliphatic carbocycles. The lowest BCUT2D eigenvalue weighted by molar-refractivity contribution is -0.384. The summed E-state index contributed by atoms with van der Waals surface area (Å²) in [6.45, 7) is 2.13. The largest absolute Gasteiger partial charge is 0.487 e. The van der Waals surface area contributed by atoms with Crippen LogP contribution >= 0.6 is 23.2 Å². The fraction of sp³-hybridized carbons (Fsp3) is 0.143. The van der Waals surface area contributed by atoms with Gasteiger partial charge in [0.2, 0.25) is 0 Å². The van der Waals surface area contributed by atoms with E-state index in [1.54, 1.807) is 0 Å². The molecule has 0 aliphatic rings. The molecule has 20 heavy (non-hydrogen) atoms. The number of aryl methyl sites for hydroxylation is 1. The van der Waals surface area contributed by atoms with Crippen molar-refractivity contribution in [2.75, 3.05) is 0 Å². The Morgan fingerprint density at radius 1 is 1.15 bits per heavy atom. The summed E-state index contributed by atoms with van der Waals surface area (Å²) in [5.74, 6) is 0.262. The van der Waals surface area contributed by atoms with Crippen molar-refractivity contribution in [1.82, 2.24) is 0 Å². The molecule has 0 atom stereocenters. The third-order valence-electron chi connectivity index (χ3n) is 2.72. The molecule has 0 bridgehead atoms. The van der Waals surface area contributed by atoms with Crippen LogP contribution in [0, 0.1) is 17.0 Å². The normalized spacial score (nSPS) is 10.3. The maximum Gasteiger partial charge on any atom is 0.273 e. The zero-order valence-corrected chi connectivity index (χ0v) is 12.1. The fourth-order valence-corrected chi connectivity index (χ4v) is 2.10. The van der Waals surface area contributed by atoms with Gasteiger partial charge in [-0.3, -0.25) is 10.1 Å². The second kappa shape index (κ2) is 6.11. The minimum atomic E-state index is -0.498. The van der Waals surface area contributed by atoms with Gasteiger partial charge in [-0.15, -0.1) is 0 Å². The van der Waals surface area contributed by atoms with Crippen LogP contribution in [-0.4, -0.2) is 4.92 Å². The highest BCUT2D eigenvalue weighted by atomic mass is 35.5. The van der Waals surface area contributed by atoms with E-state index < -0.39 is 4.92 Å². The topological polar surface area (TPSA) is 52.4 Å². The SMILES string of the molecule is Cc1ccc(COc2cc([N+](=O)[O-])ccc2Cl)c(Cl)c1. The van der Waals surface area contributed by atoms with E-state index in [1.165, 1.54) is 18.2 Å². The van der Waals surface area contributed by atoms with Crippen LogP contribution in [0.4, 0.5) is 5.69 Å². The first-order valence-corrected chi connectivity index (χ1v) is 6.55. The van der Waals surface area contributed by atoms with Crippen molar-refractivity contribution >= 4 is 28.9 Å². The summed E-state index contributed by atoms with van der Waals surface area (Å²) in [5.41, 5.74) is 1.77. The number of ether oxygens (including phenoxy) is 1. The number of hydrogen-bond donors (Lipinski definition) is 0. The number of nitro benzene ring substituents is 1. The summed E-state index contributed by atoms with van der Waals surface area (Å²) < 4.78 is 5.51. The molecule has 0 saturated heterocycles. The van der Waals surface area contributed by atoms with Crippen LogP contribution < -0.4 is 4.74 Å². The number of non-ortho nitro benzene ring substituents is 1. The van der Waals surface area contributed by atoms with Crippen molar-refractivity contribution in [3.8, 4) is 5.75 Å². The maximum atomic E-state index is 10.7. The molecule has 2 aromatic rings. The van der Waals surface area contributed by atoms with Gasteiger partial charge in [-0.1, -0.05) is 35.3 Å². The standard InChI is InChI=1S/C14H11Cl2NO3/c1-9-2-3-10(13(16)6-9)8-20-14-7-11(17(18)19)4-5-12(14)15/h2-7H,8H2,1H3. The first-order chi connectivity index (χ1) is 9.47. The van der Waals surface area contributed by atoms with Crippen molar-refractivity contribution in [1.29, 1.82) is 0 Å². The lowest BCUT2D eigenvalue weighted by Crippen LogP contribution is -1.98. The Balaban J connectivity index is 2.18. The fourth-order valence-electron chi connectivity index (χ4n) is 1.64. The van der Waals surface area contributed by atoms with Crippen LogP contribution in [0.15, 0.2) is 36.4 Å². The van der Waals surface area contributed by atoms with Gasteiger partial charge in [0.25, 0.3) is 5.69 Å². The second-order valence-corrected chi connectivity index (χ2v) is 5.07. The highest BCUT2D eigenvalue weighted by Gasteiger charge is 2.11. The molecule has 0 aromatic heterocycles. The van der Waals surface area contributed by atoms with Gasteiger partial charge >= 0.3 is 0 Å². The number of hydrogen-bond acceptors (Lipinski definition) is 3. The van der Waals surface area contributed by atoms with Gasteiger partial charge < -0.3 is 4.74 Å².